The highest BCUT2D eigenvalue weighted by atomic mass is 16.5. The van der Waals surface area contributed by atoms with E-state index in [0.29, 0.717) is 32.7 Å². The summed E-state index contributed by atoms with van der Waals surface area (Å²) in [7, 11) is 0. The van der Waals surface area contributed by atoms with Crippen molar-refractivity contribution in [2.24, 2.45) is 0 Å². The monoisotopic (exact) mass is 322 g/mol. The molecule has 1 atom stereocenters. The predicted molar refractivity (Wildman–Crippen MR) is 83.6 cm³/mol. The van der Waals surface area contributed by atoms with Crippen LogP contribution in [0.25, 0.3) is 0 Å². The van der Waals surface area contributed by atoms with E-state index >= 15 is 0 Å². The van der Waals surface area contributed by atoms with Gasteiger partial charge in [-0.25, -0.2) is 0 Å². The third kappa shape index (κ3) is 3.40. The molecule has 7 nitrogen and oxygen atoms in total. The molecule has 1 saturated carbocycles. The predicted octanol–water partition coefficient (Wildman–Crippen LogP) is 0.893. The Morgan fingerprint density at radius 2 is 2.17 bits per heavy atom. The molecule has 1 amide bonds. The summed E-state index contributed by atoms with van der Waals surface area (Å²) in [6.07, 6.45) is 3.42. The molecule has 1 aliphatic heterocycles. The van der Waals surface area contributed by atoms with E-state index in [2.05, 4.69) is 14.8 Å². The van der Waals surface area contributed by atoms with E-state index in [4.69, 9.17) is 4.74 Å². The van der Waals surface area contributed by atoms with E-state index in [0.717, 1.165) is 30.9 Å². The van der Waals surface area contributed by atoms with Gasteiger partial charge in [-0.15, -0.1) is 10.2 Å². The van der Waals surface area contributed by atoms with Crippen LogP contribution in [0.3, 0.4) is 0 Å². The maximum Gasteiger partial charge on any atom is 0.225 e. The van der Waals surface area contributed by atoms with Crippen molar-refractivity contribution >= 4 is 5.91 Å². The van der Waals surface area contributed by atoms with Crippen LogP contribution in [0.4, 0.5) is 0 Å². The van der Waals surface area contributed by atoms with Crippen molar-refractivity contribution in [2.75, 3.05) is 13.2 Å². The lowest BCUT2D eigenvalue weighted by atomic mass is 9.77. The maximum absolute atomic E-state index is 12.6. The quantitative estimate of drug-likeness (QED) is 0.871. The van der Waals surface area contributed by atoms with E-state index in [1.165, 1.54) is 0 Å². The molecule has 128 valence electrons. The first-order chi connectivity index (χ1) is 11.0. The fourth-order valence-corrected chi connectivity index (χ4v) is 3.40. The molecule has 1 fully saturated rings. The minimum Gasteiger partial charge on any atom is -0.389 e. The average Bonchev–Trinajstić information content (AvgIpc) is 2.77. The molecule has 2 heterocycles. The van der Waals surface area contributed by atoms with Crippen molar-refractivity contribution in [3.8, 4) is 0 Å². The van der Waals surface area contributed by atoms with Gasteiger partial charge in [-0.1, -0.05) is 0 Å². The molecular weight excluding hydrogens is 296 g/mol. The Morgan fingerprint density at radius 3 is 2.83 bits per heavy atom. The summed E-state index contributed by atoms with van der Waals surface area (Å²) < 4.78 is 7.50. The topological polar surface area (TPSA) is 80.5 Å². The Hall–Kier alpha value is -1.47. The van der Waals surface area contributed by atoms with Crippen molar-refractivity contribution < 1.29 is 14.6 Å². The van der Waals surface area contributed by atoms with E-state index in [-0.39, 0.29) is 18.4 Å². The SMILES string of the molecule is CCOCc1nnc2n1CCN(C(=O)CC1(O)CCC1)[C@H](C)C2. The van der Waals surface area contributed by atoms with Crippen LogP contribution in [0.15, 0.2) is 0 Å². The number of aromatic nitrogens is 3. The van der Waals surface area contributed by atoms with E-state index in [1.807, 2.05) is 18.7 Å². The zero-order valence-corrected chi connectivity index (χ0v) is 14.0. The van der Waals surface area contributed by atoms with Gasteiger partial charge in [0, 0.05) is 32.2 Å². The number of ether oxygens (including phenoxy) is 1. The molecule has 0 radical (unpaired) electrons. The van der Waals surface area contributed by atoms with E-state index < -0.39 is 5.60 Å². The summed E-state index contributed by atoms with van der Waals surface area (Å²) in [6.45, 7) is 6.38. The zero-order chi connectivity index (χ0) is 16.4. The molecule has 7 heteroatoms. The zero-order valence-electron chi connectivity index (χ0n) is 14.0. The van der Waals surface area contributed by atoms with Gasteiger partial charge in [0.1, 0.15) is 12.4 Å². The molecule has 0 saturated heterocycles. The lowest BCUT2D eigenvalue weighted by Crippen LogP contribution is -2.47. The number of aliphatic hydroxyl groups is 1. The number of carbonyl (C=O) groups is 1. The molecule has 23 heavy (non-hydrogen) atoms. The number of hydrogen-bond acceptors (Lipinski definition) is 5. The lowest BCUT2D eigenvalue weighted by Gasteiger charge is -2.38. The lowest BCUT2D eigenvalue weighted by molar-refractivity contribution is -0.142. The molecule has 0 bridgehead atoms. The number of rotatable bonds is 5. The number of hydrogen-bond donors (Lipinski definition) is 1. The second-order valence-electron chi connectivity index (χ2n) is 6.72. The Morgan fingerprint density at radius 1 is 1.39 bits per heavy atom. The molecule has 0 aromatic carbocycles. The van der Waals surface area contributed by atoms with Crippen LogP contribution in [0.5, 0.6) is 0 Å². The van der Waals surface area contributed by atoms with Gasteiger partial charge in [0.2, 0.25) is 5.91 Å². The van der Waals surface area contributed by atoms with Gasteiger partial charge in [-0.2, -0.15) is 0 Å². The fraction of sp³-hybridized carbons (Fsp3) is 0.812. The molecule has 0 spiro atoms. The van der Waals surface area contributed by atoms with Gasteiger partial charge in [0.25, 0.3) is 0 Å². The summed E-state index contributed by atoms with van der Waals surface area (Å²) >= 11 is 0. The Labute approximate surface area is 136 Å². The highest BCUT2D eigenvalue weighted by Gasteiger charge is 2.39. The van der Waals surface area contributed by atoms with Crippen LogP contribution in [0, 0.1) is 0 Å². The summed E-state index contributed by atoms with van der Waals surface area (Å²) in [5, 5.41) is 18.7. The second-order valence-corrected chi connectivity index (χ2v) is 6.72. The van der Waals surface area contributed by atoms with Crippen molar-refractivity contribution in [2.45, 2.75) is 70.7 Å². The molecule has 2 aliphatic rings. The van der Waals surface area contributed by atoms with E-state index in [9.17, 15) is 9.90 Å². The Bertz CT molecular complexity index is 568. The molecular formula is C16H26N4O3. The minimum atomic E-state index is -0.766. The largest absolute Gasteiger partial charge is 0.389 e. The van der Waals surface area contributed by atoms with Crippen molar-refractivity contribution in [1.29, 1.82) is 0 Å². The average molecular weight is 322 g/mol. The summed E-state index contributed by atoms with van der Waals surface area (Å²) in [5.41, 5.74) is -0.766. The summed E-state index contributed by atoms with van der Waals surface area (Å²) in [4.78, 5) is 14.5. The first kappa shape index (κ1) is 16.4. The van der Waals surface area contributed by atoms with Gasteiger partial charge >= 0.3 is 0 Å². The van der Waals surface area contributed by atoms with Crippen LogP contribution in [0.2, 0.25) is 0 Å². The van der Waals surface area contributed by atoms with Gasteiger partial charge < -0.3 is 19.3 Å². The number of nitrogens with zero attached hydrogens (tertiary/aromatic N) is 4. The standard InChI is InChI=1S/C16H26N4O3/c1-3-23-11-14-18-17-13-9-12(2)19(7-8-20(13)14)15(21)10-16(22)5-4-6-16/h12,22H,3-11H2,1-2H3/t12-/m1/s1. The van der Waals surface area contributed by atoms with Crippen molar-refractivity contribution in [3.05, 3.63) is 11.6 Å². The third-order valence-electron chi connectivity index (χ3n) is 5.00. The Balaban J connectivity index is 1.67. The van der Waals surface area contributed by atoms with Crippen LogP contribution in [-0.2, 0) is 29.1 Å². The highest BCUT2D eigenvalue weighted by molar-refractivity contribution is 5.77. The molecule has 1 N–H and O–H groups in total. The van der Waals surface area contributed by atoms with Crippen LogP contribution >= 0.6 is 0 Å². The molecule has 1 aromatic rings. The van der Waals surface area contributed by atoms with Crippen LogP contribution < -0.4 is 0 Å². The molecule has 1 aromatic heterocycles. The first-order valence-corrected chi connectivity index (χ1v) is 8.53. The summed E-state index contributed by atoms with van der Waals surface area (Å²) in [5.74, 6) is 1.77. The highest BCUT2D eigenvalue weighted by Crippen LogP contribution is 2.35. The molecule has 3 rings (SSSR count). The van der Waals surface area contributed by atoms with Gasteiger partial charge in [0.05, 0.1) is 12.0 Å². The molecule has 1 aliphatic carbocycles. The van der Waals surface area contributed by atoms with Gasteiger partial charge in [-0.3, -0.25) is 4.79 Å². The van der Waals surface area contributed by atoms with Gasteiger partial charge in [-0.05, 0) is 33.1 Å². The van der Waals surface area contributed by atoms with E-state index in [1.54, 1.807) is 0 Å². The van der Waals surface area contributed by atoms with Crippen molar-refractivity contribution in [1.82, 2.24) is 19.7 Å². The fourth-order valence-electron chi connectivity index (χ4n) is 3.40. The third-order valence-corrected chi connectivity index (χ3v) is 5.00. The normalized spacial score (nSPS) is 23.1. The number of amides is 1. The van der Waals surface area contributed by atoms with Crippen molar-refractivity contribution in [3.63, 3.8) is 0 Å². The Kier molecular flexibility index (Phi) is 4.68. The van der Waals surface area contributed by atoms with Gasteiger partial charge in [0.15, 0.2) is 5.82 Å². The van der Waals surface area contributed by atoms with Crippen LogP contribution in [-0.4, -0.2) is 55.5 Å². The summed E-state index contributed by atoms with van der Waals surface area (Å²) in [6, 6.07) is 0.0663. The first-order valence-electron chi connectivity index (χ1n) is 8.53. The smallest absolute Gasteiger partial charge is 0.225 e. The number of fused-ring (bicyclic) bond motifs is 1. The minimum absolute atomic E-state index is 0.0461. The van der Waals surface area contributed by atoms with Crippen LogP contribution in [0.1, 0.15) is 51.2 Å². The maximum atomic E-state index is 12.6. The second kappa shape index (κ2) is 6.57. The number of carbonyl (C=O) groups excluding carboxylic acids is 1. The molecule has 0 unspecified atom stereocenters.